The van der Waals surface area contributed by atoms with Crippen LogP contribution < -0.4 is 10.1 Å². The van der Waals surface area contributed by atoms with Crippen molar-refractivity contribution in [1.82, 2.24) is 20.1 Å². The van der Waals surface area contributed by atoms with E-state index in [-0.39, 0.29) is 0 Å². The molecule has 118 valence electrons. The highest BCUT2D eigenvalue weighted by molar-refractivity contribution is 5.28. The second kappa shape index (κ2) is 8.34. The SMILES string of the molecule is C=C(C)COc1cccc(CNCc2nncn2CCC)c1. The Balaban J connectivity index is 1.85. The summed E-state index contributed by atoms with van der Waals surface area (Å²) in [7, 11) is 0. The van der Waals surface area contributed by atoms with E-state index >= 15 is 0 Å². The normalized spacial score (nSPS) is 10.6. The fourth-order valence-corrected chi connectivity index (χ4v) is 2.11. The number of hydrogen-bond donors (Lipinski definition) is 1. The van der Waals surface area contributed by atoms with Crippen LogP contribution in [0.15, 0.2) is 42.7 Å². The number of ether oxygens (including phenoxy) is 1. The first-order chi connectivity index (χ1) is 10.7. The van der Waals surface area contributed by atoms with E-state index in [2.05, 4.69) is 39.7 Å². The van der Waals surface area contributed by atoms with Crippen molar-refractivity contribution in [2.75, 3.05) is 6.61 Å². The van der Waals surface area contributed by atoms with Crippen molar-refractivity contribution in [3.8, 4) is 5.75 Å². The van der Waals surface area contributed by atoms with Crippen LogP contribution in [0.1, 0.15) is 31.7 Å². The summed E-state index contributed by atoms with van der Waals surface area (Å²) in [5, 5.41) is 11.5. The highest BCUT2D eigenvalue weighted by atomic mass is 16.5. The minimum atomic E-state index is 0.553. The van der Waals surface area contributed by atoms with Crippen molar-refractivity contribution < 1.29 is 4.74 Å². The number of aryl methyl sites for hydroxylation is 1. The average molecular weight is 300 g/mol. The zero-order valence-electron chi connectivity index (χ0n) is 13.4. The monoisotopic (exact) mass is 300 g/mol. The summed E-state index contributed by atoms with van der Waals surface area (Å²) in [5.41, 5.74) is 2.19. The summed E-state index contributed by atoms with van der Waals surface area (Å²) in [5.74, 6) is 1.84. The van der Waals surface area contributed by atoms with Crippen LogP contribution in [-0.4, -0.2) is 21.4 Å². The molecule has 1 heterocycles. The van der Waals surface area contributed by atoms with E-state index in [0.717, 1.165) is 36.7 Å². The van der Waals surface area contributed by atoms with Crippen molar-refractivity contribution in [3.63, 3.8) is 0 Å². The predicted molar refractivity (Wildman–Crippen MR) is 87.6 cm³/mol. The second-order valence-corrected chi connectivity index (χ2v) is 5.44. The Labute approximate surface area is 132 Å². The molecule has 2 rings (SSSR count). The lowest BCUT2D eigenvalue weighted by atomic mass is 10.2. The van der Waals surface area contributed by atoms with E-state index in [1.165, 1.54) is 5.56 Å². The van der Waals surface area contributed by atoms with Gasteiger partial charge >= 0.3 is 0 Å². The molecular weight excluding hydrogens is 276 g/mol. The van der Waals surface area contributed by atoms with Crippen LogP contribution in [0.3, 0.4) is 0 Å². The number of nitrogens with zero attached hydrogens (tertiary/aromatic N) is 3. The molecule has 0 radical (unpaired) electrons. The molecule has 0 saturated heterocycles. The van der Waals surface area contributed by atoms with Crippen molar-refractivity contribution in [2.45, 2.75) is 39.9 Å². The van der Waals surface area contributed by atoms with Gasteiger partial charge in [-0.15, -0.1) is 10.2 Å². The molecule has 1 aromatic heterocycles. The molecule has 0 aliphatic rings. The van der Waals surface area contributed by atoms with Crippen LogP contribution in [-0.2, 0) is 19.6 Å². The zero-order valence-corrected chi connectivity index (χ0v) is 13.4. The van der Waals surface area contributed by atoms with Gasteiger partial charge in [0.25, 0.3) is 0 Å². The Kier molecular flexibility index (Phi) is 6.15. The molecule has 0 aliphatic carbocycles. The third-order valence-corrected chi connectivity index (χ3v) is 3.16. The molecule has 5 heteroatoms. The summed E-state index contributed by atoms with van der Waals surface area (Å²) in [6.45, 7) is 10.9. The molecule has 0 fully saturated rings. The van der Waals surface area contributed by atoms with Gasteiger partial charge in [-0.25, -0.2) is 0 Å². The van der Waals surface area contributed by atoms with Crippen LogP contribution in [0.2, 0.25) is 0 Å². The summed E-state index contributed by atoms with van der Waals surface area (Å²) < 4.78 is 7.74. The molecule has 22 heavy (non-hydrogen) atoms. The standard InChI is InChI=1S/C17H24N4O/c1-4-8-21-13-19-20-17(21)11-18-10-15-6-5-7-16(9-15)22-12-14(2)3/h5-7,9,13,18H,2,4,8,10-12H2,1,3H3. The highest BCUT2D eigenvalue weighted by Crippen LogP contribution is 2.14. The van der Waals surface area contributed by atoms with Gasteiger partial charge < -0.3 is 14.6 Å². The summed E-state index contributed by atoms with van der Waals surface area (Å²) in [6, 6.07) is 8.10. The minimum absolute atomic E-state index is 0.553. The Hall–Kier alpha value is -2.14. The molecule has 0 amide bonds. The van der Waals surface area contributed by atoms with Gasteiger partial charge in [0.2, 0.25) is 0 Å². The number of hydrogen-bond acceptors (Lipinski definition) is 4. The van der Waals surface area contributed by atoms with Gasteiger partial charge in [-0.05, 0) is 36.6 Å². The molecular formula is C17H24N4O. The molecule has 2 aromatic rings. The smallest absolute Gasteiger partial charge is 0.146 e. The van der Waals surface area contributed by atoms with Gasteiger partial charge in [0.15, 0.2) is 0 Å². The van der Waals surface area contributed by atoms with Gasteiger partial charge in [-0.2, -0.15) is 0 Å². The summed E-state index contributed by atoms with van der Waals surface area (Å²) >= 11 is 0. The van der Waals surface area contributed by atoms with Crippen LogP contribution in [0, 0.1) is 0 Å². The van der Waals surface area contributed by atoms with Gasteiger partial charge in [0, 0.05) is 13.1 Å². The summed E-state index contributed by atoms with van der Waals surface area (Å²) in [6.07, 6.45) is 2.86. The third-order valence-electron chi connectivity index (χ3n) is 3.16. The van der Waals surface area contributed by atoms with Gasteiger partial charge in [0.1, 0.15) is 24.5 Å². The van der Waals surface area contributed by atoms with Crippen molar-refractivity contribution >= 4 is 0 Å². The molecule has 0 unspecified atom stereocenters. The van der Waals surface area contributed by atoms with Gasteiger partial charge in [-0.3, -0.25) is 0 Å². The van der Waals surface area contributed by atoms with E-state index in [1.54, 1.807) is 6.33 Å². The Morgan fingerprint density at radius 3 is 3.00 bits per heavy atom. The zero-order chi connectivity index (χ0) is 15.8. The fraction of sp³-hybridized carbons (Fsp3) is 0.412. The molecule has 1 N–H and O–H groups in total. The van der Waals surface area contributed by atoms with Gasteiger partial charge in [0.05, 0.1) is 6.54 Å². The third kappa shape index (κ3) is 5.00. The average Bonchev–Trinajstić information content (AvgIpc) is 2.94. The minimum Gasteiger partial charge on any atom is -0.489 e. The van der Waals surface area contributed by atoms with Crippen molar-refractivity contribution in [1.29, 1.82) is 0 Å². The molecule has 0 bridgehead atoms. The molecule has 0 spiro atoms. The van der Waals surface area contributed by atoms with E-state index in [9.17, 15) is 0 Å². The first-order valence-corrected chi connectivity index (χ1v) is 7.62. The maximum Gasteiger partial charge on any atom is 0.146 e. The lowest BCUT2D eigenvalue weighted by Crippen LogP contribution is -2.16. The molecule has 0 atom stereocenters. The lowest BCUT2D eigenvalue weighted by Gasteiger charge is -2.09. The molecule has 0 saturated carbocycles. The van der Waals surface area contributed by atoms with E-state index in [0.29, 0.717) is 13.2 Å². The second-order valence-electron chi connectivity index (χ2n) is 5.44. The predicted octanol–water partition coefficient (Wildman–Crippen LogP) is 2.93. The molecule has 1 aromatic carbocycles. The lowest BCUT2D eigenvalue weighted by molar-refractivity contribution is 0.352. The maximum absolute atomic E-state index is 5.66. The van der Waals surface area contributed by atoms with E-state index < -0.39 is 0 Å². The topological polar surface area (TPSA) is 52.0 Å². The largest absolute Gasteiger partial charge is 0.489 e. The fourth-order valence-electron chi connectivity index (χ4n) is 2.11. The number of aromatic nitrogens is 3. The van der Waals surface area contributed by atoms with Crippen LogP contribution >= 0.6 is 0 Å². The maximum atomic E-state index is 5.66. The molecule has 5 nitrogen and oxygen atoms in total. The van der Waals surface area contributed by atoms with E-state index in [1.807, 2.05) is 25.1 Å². The quantitative estimate of drug-likeness (QED) is 0.723. The Morgan fingerprint density at radius 1 is 1.36 bits per heavy atom. The van der Waals surface area contributed by atoms with Crippen molar-refractivity contribution in [2.24, 2.45) is 0 Å². The van der Waals surface area contributed by atoms with Crippen molar-refractivity contribution in [3.05, 3.63) is 54.1 Å². The Morgan fingerprint density at radius 2 is 2.23 bits per heavy atom. The number of nitrogens with one attached hydrogen (secondary N) is 1. The number of benzene rings is 1. The molecule has 0 aliphatic heterocycles. The first kappa shape index (κ1) is 16.2. The number of rotatable bonds is 9. The van der Waals surface area contributed by atoms with E-state index in [4.69, 9.17) is 4.74 Å². The van der Waals surface area contributed by atoms with Crippen LogP contribution in [0.25, 0.3) is 0 Å². The Bertz CT molecular complexity index is 606. The summed E-state index contributed by atoms with van der Waals surface area (Å²) in [4.78, 5) is 0. The highest BCUT2D eigenvalue weighted by Gasteiger charge is 2.03. The van der Waals surface area contributed by atoms with Crippen LogP contribution in [0.4, 0.5) is 0 Å². The first-order valence-electron chi connectivity index (χ1n) is 7.62. The van der Waals surface area contributed by atoms with Crippen LogP contribution in [0.5, 0.6) is 5.75 Å². The van der Waals surface area contributed by atoms with Gasteiger partial charge in [-0.1, -0.05) is 25.6 Å².